The number of likely N-dealkylation sites (tertiary alicyclic amines) is 1. The zero-order chi connectivity index (χ0) is 37.5. The Hall–Kier alpha value is -3.56. The summed E-state index contributed by atoms with van der Waals surface area (Å²) in [6, 6.07) is 13.0. The number of aromatic nitrogens is 4. The summed E-state index contributed by atoms with van der Waals surface area (Å²) in [5.41, 5.74) is 3.57. The third-order valence-corrected chi connectivity index (χ3v) is 12.2. The van der Waals surface area contributed by atoms with Gasteiger partial charge in [0, 0.05) is 63.0 Å². The predicted octanol–water partition coefficient (Wildman–Crippen LogP) is 8.99. The van der Waals surface area contributed by atoms with E-state index in [1.807, 2.05) is 24.3 Å². The Morgan fingerprint density at radius 3 is 2.49 bits per heavy atom. The van der Waals surface area contributed by atoms with Crippen LogP contribution in [-0.4, -0.2) is 65.6 Å². The Labute approximate surface area is 312 Å². The fraction of sp³-hybridized carbons (Fsp3) is 0.500. The van der Waals surface area contributed by atoms with E-state index in [1.54, 1.807) is 25.3 Å². The van der Waals surface area contributed by atoms with Gasteiger partial charge in [-0.3, -0.25) is 14.5 Å². The van der Waals surface area contributed by atoms with Crippen molar-refractivity contribution in [3.05, 3.63) is 87.7 Å². The fourth-order valence-corrected chi connectivity index (χ4v) is 8.25. The average Bonchev–Trinajstić information content (AvgIpc) is 3.86. The number of rotatable bonds is 11. The third-order valence-electron chi connectivity index (χ3n) is 10.3. The van der Waals surface area contributed by atoms with Crippen molar-refractivity contribution in [1.82, 2.24) is 24.6 Å². The Kier molecular flexibility index (Phi) is 10.6. The van der Waals surface area contributed by atoms with E-state index in [2.05, 4.69) is 34.7 Å². The highest BCUT2D eigenvalue weighted by Gasteiger charge is 2.43. The first-order chi connectivity index (χ1) is 25.2. The summed E-state index contributed by atoms with van der Waals surface area (Å²) in [6.07, 6.45) is -0.600. The van der Waals surface area contributed by atoms with Crippen LogP contribution in [0.1, 0.15) is 66.2 Å². The highest BCUT2D eigenvalue weighted by atomic mass is 35.5. The van der Waals surface area contributed by atoms with Crippen molar-refractivity contribution in [2.24, 2.45) is 0 Å². The fourth-order valence-electron chi connectivity index (χ4n) is 7.33. The van der Waals surface area contributed by atoms with Gasteiger partial charge in [0.2, 0.25) is 5.82 Å². The Morgan fingerprint density at radius 1 is 1.00 bits per heavy atom. The maximum atomic E-state index is 14.9. The summed E-state index contributed by atoms with van der Waals surface area (Å²) >= 11 is 5.99. The lowest BCUT2D eigenvalue weighted by Gasteiger charge is -2.33. The van der Waals surface area contributed by atoms with E-state index in [9.17, 15) is 17.6 Å². The number of pyridine rings is 1. The van der Waals surface area contributed by atoms with Crippen LogP contribution in [0.3, 0.4) is 0 Å². The lowest BCUT2D eigenvalue weighted by molar-refractivity contribution is -0.149. The standard InChI is InChI=1S/C38H44ClF4N5O4Si/c1-37(30-9-8-27(39)19-31(30)40)51-33-7-5-6-28(34(33)52-37)24-10-13-47(14-11-24)21-32-29(25-12-15-49-22-25)18-26(20-44-32)35-45-46-36(38(41,42)43)48(35)23-50-16-17-53(2,3)4/h5-9,18-20,24-25H,10-17,21-23H2,1-4H3/t25?,37-/m0/s1. The lowest BCUT2D eigenvalue weighted by atomic mass is 9.88. The molecule has 15 heteroatoms. The van der Waals surface area contributed by atoms with Crippen molar-refractivity contribution in [3.8, 4) is 22.9 Å². The van der Waals surface area contributed by atoms with E-state index < -0.39 is 31.7 Å². The minimum Gasteiger partial charge on any atom is -0.444 e. The monoisotopic (exact) mass is 773 g/mol. The molecule has 1 unspecified atom stereocenters. The first-order valence-electron chi connectivity index (χ1n) is 18.0. The van der Waals surface area contributed by atoms with Crippen molar-refractivity contribution >= 4 is 19.7 Å². The number of halogens is 5. The Morgan fingerprint density at radius 2 is 1.79 bits per heavy atom. The van der Waals surface area contributed by atoms with Gasteiger partial charge in [-0.25, -0.2) is 4.39 Å². The van der Waals surface area contributed by atoms with E-state index in [0.29, 0.717) is 48.5 Å². The summed E-state index contributed by atoms with van der Waals surface area (Å²) < 4.78 is 82.0. The second-order valence-corrected chi connectivity index (χ2v) is 21.5. The van der Waals surface area contributed by atoms with Gasteiger partial charge in [0.05, 0.1) is 17.9 Å². The third kappa shape index (κ3) is 8.26. The lowest BCUT2D eigenvalue weighted by Crippen LogP contribution is -2.34. The maximum absolute atomic E-state index is 14.9. The molecule has 0 N–H and O–H groups in total. The molecule has 0 aliphatic carbocycles. The second kappa shape index (κ2) is 14.9. The molecule has 0 radical (unpaired) electrons. The SMILES string of the molecule is C[C@]1(c2ccc(Cl)cc2F)Oc2cccc(C3CCN(Cc4ncc(-c5nnc(C(F)(F)F)n5COCC[Si](C)(C)C)cc4C4CCOC4)CC3)c2O1. The quantitative estimate of drug-likeness (QED) is 0.0849. The van der Waals surface area contributed by atoms with Gasteiger partial charge in [-0.05, 0) is 80.2 Å². The van der Waals surface area contributed by atoms with Crippen molar-refractivity contribution in [3.63, 3.8) is 0 Å². The summed E-state index contributed by atoms with van der Waals surface area (Å²) in [7, 11) is -1.44. The largest absolute Gasteiger partial charge is 0.451 e. The van der Waals surface area contributed by atoms with Crippen molar-refractivity contribution < 1.29 is 36.5 Å². The number of alkyl halides is 3. The molecule has 3 aliphatic heterocycles. The molecule has 0 amide bonds. The number of benzene rings is 2. The minimum absolute atomic E-state index is 0.0604. The molecule has 9 nitrogen and oxygen atoms in total. The molecule has 2 atom stereocenters. The molecule has 0 spiro atoms. The number of hydrogen-bond acceptors (Lipinski definition) is 8. The molecule has 2 fully saturated rings. The highest BCUT2D eigenvalue weighted by Crippen LogP contribution is 2.50. The van der Waals surface area contributed by atoms with E-state index in [0.717, 1.165) is 59.8 Å². The molecule has 2 aromatic heterocycles. The van der Waals surface area contributed by atoms with Crippen LogP contribution in [0.2, 0.25) is 30.7 Å². The van der Waals surface area contributed by atoms with E-state index in [-0.39, 0.29) is 30.0 Å². The molecule has 2 aromatic carbocycles. The van der Waals surface area contributed by atoms with Crippen LogP contribution in [0, 0.1) is 5.82 Å². The Bertz CT molecular complexity index is 1940. The number of hydrogen-bond donors (Lipinski definition) is 0. The average molecular weight is 774 g/mol. The number of nitrogens with zero attached hydrogens (tertiary/aromatic N) is 5. The number of para-hydroxylation sites is 1. The summed E-state index contributed by atoms with van der Waals surface area (Å²) in [5.74, 6) is -1.38. The molecule has 4 aromatic rings. The van der Waals surface area contributed by atoms with Gasteiger partial charge >= 0.3 is 6.18 Å². The zero-order valence-corrected chi connectivity index (χ0v) is 32.1. The van der Waals surface area contributed by atoms with Gasteiger partial charge in [-0.2, -0.15) is 13.2 Å². The first kappa shape index (κ1) is 37.7. The molecule has 53 heavy (non-hydrogen) atoms. The number of piperidine rings is 1. The van der Waals surface area contributed by atoms with Crippen LogP contribution >= 0.6 is 11.6 Å². The minimum atomic E-state index is -4.69. The van der Waals surface area contributed by atoms with Crippen LogP contribution in [0.25, 0.3) is 11.4 Å². The molecule has 7 rings (SSSR count). The molecule has 2 saturated heterocycles. The van der Waals surface area contributed by atoms with Gasteiger partial charge in [-0.15, -0.1) is 10.2 Å². The van der Waals surface area contributed by atoms with Crippen LogP contribution in [-0.2, 0) is 34.7 Å². The van der Waals surface area contributed by atoms with Crippen LogP contribution in [0.15, 0.2) is 48.7 Å². The maximum Gasteiger partial charge on any atom is 0.451 e. The topological polar surface area (TPSA) is 83.8 Å². The zero-order valence-electron chi connectivity index (χ0n) is 30.3. The van der Waals surface area contributed by atoms with E-state index in [4.69, 9.17) is 35.5 Å². The first-order valence-corrected chi connectivity index (χ1v) is 22.1. The molecule has 284 valence electrons. The summed E-state index contributed by atoms with van der Waals surface area (Å²) in [4.78, 5) is 7.20. The van der Waals surface area contributed by atoms with Crippen molar-refractivity contribution in [2.75, 3.05) is 32.9 Å². The van der Waals surface area contributed by atoms with Gasteiger partial charge in [-0.1, -0.05) is 43.4 Å². The molecular weight excluding hydrogens is 730 g/mol. The molecule has 0 saturated carbocycles. The summed E-state index contributed by atoms with van der Waals surface area (Å²) in [5, 5.41) is 7.82. The van der Waals surface area contributed by atoms with Crippen LogP contribution in [0.4, 0.5) is 17.6 Å². The van der Waals surface area contributed by atoms with Gasteiger partial charge < -0.3 is 18.9 Å². The van der Waals surface area contributed by atoms with E-state index in [1.165, 1.54) is 6.07 Å². The highest BCUT2D eigenvalue weighted by molar-refractivity contribution is 6.76. The molecule has 5 heterocycles. The van der Waals surface area contributed by atoms with Crippen molar-refractivity contribution in [2.45, 2.75) is 88.9 Å². The Balaban J connectivity index is 1.07. The van der Waals surface area contributed by atoms with E-state index >= 15 is 0 Å². The molecule has 0 bridgehead atoms. The van der Waals surface area contributed by atoms with Crippen LogP contribution in [0.5, 0.6) is 11.5 Å². The predicted molar refractivity (Wildman–Crippen MR) is 194 cm³/mol. The van der Waals surface area contributed by atoms with Gasteiger partial charge in [0.1, 0.15) is 12.5 Å². The number of ether oxygens (including phenoxy) is 4. The summed E-state index contributed by atoms with van der Waals surface area (Å²) in [6.45, 7) is 11.6. The van der Waals surface area contributed by atoms with Crippen LogP contribution < -0.4 is 9.47 Å². The molecular formula is C38H44ClF4N5O4Si. The molecule has 3 aliphatic rings. The van der Waals surface area contributed by atoms with Gasteiger partial charge in [0.15, 0.2) is 17.3 Å². The normalized spacial score (nSPS) is 21.1. The second-order valence-electron chi connectivity index (χ2n) is 15.4. The smallest absolute Gasteiger partial charge is 0.444 e. The van der Waals surface area contributed by atoms with Gasteiger partial charge in [0.25, 0.3) is 5.79 Å². The van der Waals surface area contributed by atoms with Crippen molar-refractivity contribution in [1.29, 1.82) is 0 Å². The number of fused-ring (bicyclic) bond motifs is 1.